The maximum Gasteiger partial charge on any atom is 0.251 e. The monoisotopic (exact) mass is 441 g/mol. The average Bonchev–Trinajstić information content (AvgIpc) is 3.04. The highest BCUT2D eigenvalue weighted by Gasteiger charge is 2.33. The number of amides is 1. The van der Waals surface area contributed by atoms with Crippen molar-refractivity contribution in [2.24, 2.45) is 0 Å². The average molecular weight is 442 g/mol. The molecule has 7 heteroatoms. The molecule has 4 rings (SSSR count). The minimum absolute atomic E-state index is 0.0783. The van der Waals surface area contributed by atoms with Gasteiger partial charge in [-0.05, 0) is 62.4 Å². The second kappa shape index (κ2) is 8.63. The lowest BCUT2D eigenvalue weighted by Crippen LogP contribution is -2.44. The summed E-state index contributed by atoms with van der Waals surface area (Å²) in [6.45, 7) is 6.88. The topological polar surface area (TPSA) is 69.7 Å². The molecule has 1 atom stereocenters. The van der Waals surface area contributed by atoms with E-state index in [1.165, 1.54) is 21.7 Å². The minimum Gasteiger partial charge on any atom is -0.349 e. The zero-order valence-corrected chi connectivity index (χ0v) is 19.3. The Morgan fingerprint density at radius 2 is 1.87 bits per heavy atom. The number of aryl methyl sites for hydroxylation is 1. The van der Waals surface area contributed by atoms with E-state index >= 15 is 0 Å². The van der Waals surface area contributed by atoms with Crippen molar-refractivity contribution in [3.05, 3.63) is 64.7 Å². The van der Waals surface area contributed by atoms with Crippen LogP contribution in [0.25, 0.3) is 0 Å². The predicted octanol–water partition coefficient (Wildman–Crippen LogP) is 3.10. The Hall–Kier alpha value is -2.38. The summed E-state index contributed by atoms with van der Waals surface area (Å²) in [5.74, 6) is -0.0783. The van der Waals surface area contributed by atoms with Crippen LogP contribution in [0.2, 0.25) is 0 Å². The Labute approximate surface area is 185 Å². The highest BCUT2D eigenvalue weighted by Crippen LogP contribution is 2.34. The van der Waals surface area contributed by atoms with Crippen molar-refractivity contribution >= 4 is 21.6 Å². The zero-order valence-electron chi connectivity index (χ0n) is 18.5. The van der Waals surface area contributed by atoms with Crippen LogP contribution in [-0.2, 0) is 23.0 Å². The summed E-state index contributed by atoms with van der Waals surface area (Å²) in [4.78, 5) is 15.3. The van der Waals surface area contributed by atoms with Gasteiger partial charge in [-0.15, -0.1) is 0 Å². The minimum atomic E-state index is -3.32. The van der Waals surface area contributed by atoms with Crippen molar-refractivity contribution < 1.29 is 13.2 Å². The molecule has 2 heterocycles. The van der Waals surface area contributed by atoms with E-state index in [0.29, 0.717) is 17.7 Å². The Kier molecular flexibility index (Phi) is 6.08. The molecular formula is C24H31N3O3S. The van der Waals surface area contributed by atoms with Crippen LogP contribution in [0, 0.1) is 6.92 Å². The maximum atomic E-state index is 12.8. The first kappa shape index (κ1) is 21.8. The fourth-order valence-corrected chi connectivity index (χ4v) is 6.09. The highest BCUT2D eigenvalue weighted by atomic mass is 32.2. The number of nitrogens with one attached hydrogen (secondary N) is 1. The molecule has 2 aliphatic heterocycles. The van der Waals surface area contributed by atoms with Gasteiger partial charge in [0.1, 0.15) is 0 Å². The summed E-state index contributed by atoms with van der Waals surface area (Å²) < 4.78 is 25.6. The molecule has 0 aliphatic carbocycles. The third-order valence-corrected chi connectivity index (χ3v) is 7.53. The molecule has 31 heavy (non-hydrogen) atoms. The Balaban J connectivity index is 1.34. The molecule has 2 aromatic rings. The Morgan fingerprint density at radius 3 is 2.55 bits per heavy atom. The number of fused-ring (bicyclic) bond motifs is 1. The molecule has 0 saturated carbocycles. The van der Waals surface area contributed by atoms with E-state index in [2.05, 4.69) is 41.4 Å². The van der Waals surface area contributed by atoms with E-state index in [1.54, 1.807) is 12.1 Å². The van der Waals surface area contributed by atoms with Gasteiger partial charge in [-0.3, -0.25) is 14.0 Å². The molecule has 166 valence electrons. The van der Waals surface area contributed by atoms with Gasteiger partial charge in [-0.25, -0.2) is 8.42 Å². The van der Waals surface area contributed by atoms with Crippen LogP contribution in [-0.4, -0.2) is 50.7 Å². The van der Waals surface area contributed by atoms with Gasteiger partial charge in [-0.1, -0.05) is 29.8 Å². The highest BCUT2D eigenvalue weighted by molar-refractivity contribution is 7.92. The fraction of sp³-hybridized carbons (Fsp3) is 0.458. The van der Waals surface area contributed by atoms with E-state index in [-0.39, 0.29) is 18.0 Å². The number of carbonyl (C=O) groups excluding carboxylic acids is 1. The van der Waals surface area contributed by atoms with Gasteiger partial charge in [0.15, 0.2) is 0 Å². The van der Waals surface area contributed by atoms with Gasteiger partial charge in [0.2, 0.25) is 10.0 Å². The molecule has 1 N–H and O–H groups in total. The van der Waals surface area contributed by atoms with E-state index in [0.717, 1.165) is 38.0 Å². The van der Waals surface area contributed by atoms with E-state index < -0.39 is 10.0 Å². The summed E-state index contributed by atoms with van der Waals surface area (Å²) in [6.07, 6.45) is 3.72. The number of likely N-dealkylation sites (tertiary alicyclic amines) is 1. The standard InChI is InChI=1S/C24H31N3O3S/c1-17-5-4-6-19(13-17)16-26-11-9-22(10-12-26)25-24(28)20-7-8-23-21(15-20)14-18(2)27(23)31(3,29)30/h4-8,13,15,18,22H,9-12,14,16H2,1-3H3,(H,25,28)/t18-/m0/s1. The predicted molar refractivity (Wildman–Crippen MR) is 124 cm³/mol. The molecule has 0 radical (unpaired) electrons. The summed E-state index contributed by atoms with van der Waals surface area (Å²) in [5, 5.41) is 3.18. The molecule has 1 saturated heterocycles. The number of nitrogens with zero attached hydrogens (tertiary/aromatic N) is 2. The number of rotatable bonds is 5. The van der Waals surface area contributed by atoms with Gasteiger partial charge >= 0.3 is 0 Å². The zero-order chi connectivity index (χ0) is 22.2. The van der Waals surface area contributed by atoms with Gasteiger partial charge in [0.05, 0.1) is 11.9 Å². The SMILES string of the molecule is Cc1cccc(CN2CCC(NC(=O)c3ccc4c(c3)C[C@H](C)N4S(C)(=O)=O)CC2)c1. The lowest BCUT2D eigenvalue weighted by atomic mass is 10.0. The second-order valence-corrected chi connectivity index (χ2v) is 10.8. The van der Waals surface area contributed by atoms with Crippen LogP contribution in [0.5, 0.6) is 0 Å². The van der Waals surface area contributed by atoms with Crippen LogP contribution in [0.15, 0.2) is 42.5 Å². The van der Waals surface area contributed by atoms with Crippen molar-refractivity contribution in [1.29, 1.82) is 0 Å². The third kappa shape index (κ3) is 4.93. The van der Waals surface area contributed by atoms with Crippen molar-refractivity contribution in [1.82, 2.24) is 10.2 Å². The van der Waals surface area contributed by atoms with Crippen molar-refractivity contribution in [3.8, 4) is 0 Å². The van der Waals surface area contributed by atoms with Crippen molar-refractivity contribution in [3.63, 3.8) is 0 Å². The molecule has 1 amide bonds. The van der Waals surface area contributed by atoms with Crippen LogP contribution in [0.4, 0.5) is 5.69 Å². The molecule has 2 aromatic carbocycles. The van der Waals surface area contributed by atoms with E-state index in [9.17, 15) is 13.2 Å². The van der Waals surface area contributed by atoms with Crippen molar-refractivity contribution in [2.75, 3.05) is 23.7 Å². The Morgan fingerprint density at radius 1 is 1.13 bits per heavy atom. The molecule has 6 nitrogen and oxygen atoms in total. The van der Waals surface area contributed by atoms with E-state index in [4.69, 9.17) is 0 Å². The smallest absolute Gasteiger partial charge is 0.251 e. The maximum absolute atomic E-state index is 12.8. The van der Waals surface area contributed by atoms with Crippen molar-refractivity contribution in [2.45, 2.75) is 51.7 Å². The number of sulfonamides is 1. The van der Waals surface area contributed by atoms with Crippen LogP contribution >= 0.6 is 0 Å². The van der Waals surface area contributed by atoms with Crippen LogP contribution < -0.4 is 9.62 Å². The lowest BCUT2D eigenvalue weighted by molar-refractivity contribution is 0.0909. The first-order chi connectivity index (χ1) is 14.7. The number of benzene rings is 2. The summed E-state index contributed by atoms with van der Waals surface area (Å²) in [5.41, 5.74) is 4.82. The fourth-order valence-electron chi connectivity index (χ4n) is 4.82. The Bertz CT molecular complexity index is 1080. The number of hydrogen-bond donors (Lipinski definition) is 1. The molecule has 0 aromatic heterocycles. The molecule has 1 fully saturated rings. The van der Waals surface area contributed by atoms with Gasteiger partial charge in [-0.2, -0.15) is 0 Å². The number of hydrogen-bond acceptors (Lipinski definition) is 4. The molecule has 0 spiro atoms. The molecule has 0 bridgehead atoms. The largest absolute Gasteiger partial charge is 0.349 e. The van der Waals surface area contributed by atoms with Crippen LogP contribution in [0.3, 0.4) is 0 Å². The number of carbonyl (C=O) groups is 1. The quantitative estimate of drug-likeness (QED) is 0.774. The first-order valence-electron chi connectivity index (χ1n) is 10.9. The number of anilines is 1. The molecule has 2 aliphatic rings. The molecular weight excluding hydrogens is 410 g/mol. The van der Waals surface area contributed by atoms with Gasteiger partial charge in [0, 0.05) is 37.3 Å². The lowest BCUT2D eigenvalue weighted by Gasteiger charge is -2.32. The first-order valence-corrected chi connectivity index (χ1v) is 12.8. The second-order valence-electron chi connectivity index (χ2n) is 8.97. The number of piperidine rings is 1. The summed E-state index contributed by atoms with van der Waals surface area (Å²) in [6, 6.07) is 14.0. The summed E-state index contributed by atoms with van der Waals surface area (Å²) in [7, 11) is -3.32. The third-order valence-electron chi connectivity index (χ3n) is 6.26. The van der Waals surface area contributed by atoms with Crippen LogP contribution in [0.1, 0.15) is 46.8 Å². The normalized spacial score (nSPS) is 20.0. The summed E-state index contributed by atoms with van der Waals surface area (Å²) >= 11 is 0. The van der Waals surface area contributed by atoms with Gasteiger partial charge < -0.3 is 5.32 Å². The van der Waals surface area contributed by atoms with Gasteiger partial charge in [0.25, 0.3) is 5.91 Å². The molecule has 0 unspecified atom stereocenters. The van der Waals surface area contributed by atoms with E-state index in [1.807, 2.05) is 13.0 Å².